The van der Waals surface area contributed by atoms with Crippen LogP contribution in [0.4, 0.5) is 0 Å². The molecule has 6 heteroatoms. The molecule has 0 spiro atoms. The van der Waals surface area contributed by atoms with Crippen molar-refractivity contribution in [2.24, 2.45) is 11.8 Å². The van der Waals surface area contributed by atoms with E-state index in [2.05, 4.69) is 42.2 Å². The minimum absolute atomic E-state index is 0.0436. The maximum Gasteiger partial charge on any atom is 0.223 e. The molecule has 0 saturated carbocycles. The number of hydrogen-bond acceptors (Lipinski definition) is 4. The Morgan fingerprint density at radius 3 is 2.70 bits per heavy atom. The van der Waals surface area contributed by atoms with Crippen molar-refractivity contribution in [2.75, 3.05) is 13.1 Å². The van der Waals surface area contributed by atoms with E-state index in [-0.39, 0.29) is 28.8 Å². The fourth-order valence-electron chi connectivity index (χ4n) is 5.58. The molecule has 1 aromatic carbocycles. The highest BCUT2D eigenvalue weighted by Crippen LogP contribution is 2.30. The van der Waals surface area contributed by atoms with Gasteiger partial charge in [0.25, 0.3) is 0 Å². The van der Waals surface area contributed by atoms with Gasteiger partial charge in [0.05, 0.1) is 12.1 Å². The predicted molar refractivity (Wildman–Crippen MR) is 119 cm³/mol. The normalized spacial score (nSPS) is 28.4. The fraction of sp³-hybridized carbons (Fsp3) is 0.625. The van der Waals surface area contributed by atoms with E-state index in [0.717, 1.165) is 32.1 Å². The Morgan fingerprint density at radius 2 is 1.90 bits per heavy atom. The SMILES string of the molecule is O=C(S)[C@H]1NCCC1C(=O)[C@@H]1CCCN1C(=O)CCC[C@H]1CCc2ccccc2C1. The van der Waals surface area contributed by atoms with Gasteiger partial charge >= 0.3 is 0 Å². The maximum absolute atomic E-state index is 13.1. The number of aryl methyl sites for hydroxylation is 1. The third-order valence-electron chi connectivity index (χ3n) is 7.21. The summed E-state index contributed by atoms with van der Waals surface area (Å²) in [7, 11) is 0. The van der Waals surface area contributed by atoms with Crippen molar-refractivity contribution in [3.8, 4) is 0 Å². The topological polar surface area (TPSA) is 66.5 Å². The lowest BCUT2D eigenvalue weighted by Gasteiger charge is -2.28. The molecule has 1 aliphatic carbocycles. The molecule has 5 nitrogen and oxygen atoms in total. The van der Waals surface area contributed by atoms with E-state index < -0.39 is 6.04 Å². The van der Waals surface area contributed by atoms with Crippen LogP contribution in [0.3, 0.4) is 0 Å². The standard InChI is InChI=1S/C24H32N2O3S/c27-21(9-3-5-16-10-11-17-6-1-2-7-18(17)15-16)26-14-4-8-20(26)23(28)19-12-13-25-22(19)24(29)30/h1-2,6-7,16,19-20,22,25H,3-5,8-15H2,(H,29,30)/t16-,19?,20-,22-/m0/s1. The molecule has 0 radical (unpaired) electrons. The molecular weight excluding hydrogens is 396 g/mol. The number of nitrogens with zero attached hydrogens (tertiary/aromatic N) is 1. The Labute approximate surface area is 184 Å². The molecule has 1 unspecified atom stereocenters. The number of benzene rings is 1. The van der Waals surface area contributed by atoms with Gasteiger partial charge in [0.2, 0.25) is 11.0 Å². The van der Waals surface area contributed by atoms with Crippen LogP contribution in [0.25, 0.3) is 0 Å². The predicted octanol–water partition coefficient (Wildman–Crippen LogP) is 2.96. The lowest BCUT2D eigenvalue weighted by molar-refractivity contribution is -0.139. The van der Waals surface area contributed by atoms with Crippen molar-refractivity contribution in [2.45, 2.75) is 69.9 Å². The fourth-order valence-corrected chi connectivity index (χ4v) is 5.85. The number of ketones is 1. The van der Waals surface area contributed by atoms with Crippen LogP contribution >= 0.6 is 12.6 Å². The number of thiol groups is 1. The van der Waals surface area contributed by atoms with Crippen molar-refractivity contribution < 1.29 is 14.4 Å². The molecule has 0 aromatic heterocycles. The van der Waals surface area contributed by atoms with E-state index in [1.54, 1.807) is 4.90 Å². The minimum Gasteiger partial charge on any atom is -0.333 e. The Morgan fingerprint density at radius 1 is 1.10 bits per heavy atom. The van der Waals surface area contributed by atoms with Gasteiger partial charge in [-0.1, -0.05) is 24.3 Å². The van der Waals surface area contributed by atoms with Gasteiger partial charge in [-0.3, -0.25) is 14.4 Å². The number of hydrogen-bond donors (Lipinski definition) is 2. The van der Waals surface area contributed by atoms with Gasteiger partial charge in [0, 0.05) is 18.9 Å². The Balaban J connectivity index is 1.28. The largest absolute Gasteiger partial charge is 0.333 e. The summed E-state index contributed by atoms with van der Waals surface area (Å²) in [6.45, 7) is 1.31. The van der Waals surface area contributed by atoms with E-state index in [9.17, 15) is 14.4 Å². The summed E-state index contributed by atoms with van der Waals surface area (Å²) >= 11 is 3.93. The van der Waals surface area contributed by atoms with Crippen molar-refractivity contribution in [1.82, 2.24) is 10.2 Å². The maximum atomic E-state index is 13.1. The smallest absolute Gasteiger partial charge is 0.223 e. The molecule has 3 aliphatic rings. The van der Waals surface area contributed by atoms with E-state index >= 15 is 0 Å². The van der Waals surface area contributed by atoms with Gasteiger partial charge in [-0.15, -0.1) is 12.6 Å². The number of carbonyl (C=O) groups is 3. The molecule has 4 atom stereocenters. The molecular formula is C24H32N2O3S. The van der Waals surface area contributed by atoms with Crippen LogP contribution in [0, 0.1) is 11.8 Å². The van der Waals surface area contributed by atoms with E-state index in [1.165, 1.54) is 17.5 Å². The highest BCUT2D eigenvalue weighted by atomic mass is 32.1. The average molecular weight is 429 g/mol. The first-order valence-electron chi connectivity index (χ1n) is 11.4. The number of carbonyl (C=O) groups excluding carboxylic acids is 3. The molecule has 2 heterocycles. The third-order valence-corrected chi connectivity index (χ3v) is 7.49. The zero-order chi connectivity index (χ0) is 21.1. The molecule has 1 N–H and O–H groups in total. The summed E-state index contributed by atoms with van der Waals surface area (Å²) in [5.41, 5.74) is 2.94. The molecule has 4 rings (SSSR count). The molecule has 2 saturated heterocycles. The van der Waals surface area contributed by atoms with Gasteiger partial charge in [0.15, 0.2) is 5.78 Å². The van der Waals surface area contributed by atoms with Crippen molar-refractivity contribution in [1.29, 1.82) is 0 Å². The van der Waals surface area contributed by atoms with Gasteiger partial charge in [-0.25, -0.2) is 0 Å². The summed E-state index contributed by atoms with van der Waals surface area (Å²) in [6, 6.07) is 7.81. The molecule has 1 amide bonds. The first kappa shape index (κ1) is 21.6. The van der Waals surface area contributed by atoms with Crippen LogP contribution in [0.2, 0.25) is 0 Å². The lowest BCUT2D eigenvalue weighted by Crippen LogP contribution is -2.46. The highest BCUT2D eigenvalue weighted by molar-refractivity contribution is 7.96. The van der Waals surface area contributed by atoms with Gasteiger partial charge in [-0.2, -0.15) is 0 Å². The second-order valence-corrected chi connectivity index (χ2v) is 9.52. The summed E-state index contributed by atoms with van der Waals surface area (Å²) in [5, 5.41) is 2.80. The van der Waals surface area contributed by atoms with Crippen LogP contribution in [0.1, 0.15) is 56.1 Å². The van der Waals surface area contributed by atoms with Gasteiger partial charge in [-0.05, 0) is 75.0 Å². The number of amides is 1. The summed E-state index contributed by atoms with van der Waals surface area (Å²) in [5.74, 6) is 0.440. The third kappa shape index (κ3) is 4.65. The molecule has 1 aromatic rings. The molecule has 0 bridgehead atoms. The van der Waals surface area contributed by atoms with Crippen molar-refractivity contribution in [3.63, 3.8) is 0 Å². The Bertz CT molecular complexity index is 811. The molecule has 2 aliphatic heterocycles. The van der Waals surface area contributed by atoms with Crippen LogP contribution in [0.5, 0.6) is 0 Å². The Hall–Kier alpha value is -1.66. The van der Waals surface area contributed by atoms with E-state index in [1.807, 2.05) is 0 Å². The lowest BCUT2D eigenvalue weighted by atomic mass is 9.81. The van der Waals surface area contributed by atoms with Gasteiger partial charge < -0.3 is 10.2 Å². The first-order chi connectivity index (χ1) is 14.5. The minimum atomic E-state index is -0.507. The Kier molecular flexibility index (Phi) is 6.94. The summed E-state index contributed by atoms with van der Waals surface area (Å²) in [4.78, 5) is 39.5. The number of fused-ring (bicyclic) bond motifs is 1. The van der Waals surface area contributed by atoms with Crippen LogP contribution in [-0.2, 0) is 27.2 Å². The van der Waals surface area contributed by atoms with Gasteiger partial charge in [0.1, 0.15) is 0 Å². The zero-order valence-electron chi connectivity index (χ0n) is 17.5. The average Bonchev–Trinajstić information content (AvgIpc) is 3.43. The quantitative estimate of drug-likeness (QED) is 0.656. The highest BCUT2D eigenvalue weighted by Gasteiger charge is 2.43. The number of rotatable bonds is 7. The summed E-state index contributed by atoms with van der Waals surface area (Å²) < 4.78 is 0. The molecule has 162 valence electrons. The van der Waals surface area contributed by atoms with Crippen LogP contribution in [-0.4, -0.2) is 46.9 Å². The zero-order valence-corrected chi connectivity index (χ0v) is 18.4. The molecule has 2 fully saturated rings. The molecule has 30 heavy (non-hydrogen) atoms. The number of nitrogens with one attached hydrogen (secondary N) is 1. The van der Waals surface area contributed by atoms with Crippen LogP contribution in [0.15, 0.2) is 24.3 Å². The van der Waals surface area contributed by atoms with E-state index in [4.69, 9.17) is 0 Å². The monoisotopic (exact) mass is 428 g/mol. The van der Waals surface area contributed by atoms with Crippen molar-refractivity contribution in [3.05, 3.63) is 35.4 Å². The number of likely N-dealkylation sites (tertiary alicyclic amines) is 1. The summed E-state index contributed by atoms with van der Waals surface area (Å²) in [6.07, 6.45) is 8.14. The first-order valence-corrected chi connectivity index (χ1v) is 11.9. The van der Waals surface area contributed by atoms with Crippen molar-refractivity contribution >= 4 is 29.4 Å². The number of Topliss-reactive ketones (excluding diaryl/α,β-unsaturated/α-hetero) is 1. The second-order valence-electron chi connectivity index (χ2n) is 9.08. The van der Waals surface area contributed by atoms with E-state index in [0.29, 0.717) is 38.3 Å². The van der Waals surface area contributed by atoms with Crippen LogP contribution < -0.4 is 5.32 Å². The second kappa shape index (κ2) is 9.65.